The van der Waals surface area contributed by atoms with Crippen LogP contribution in [-0.4, -0.2) is 17.0 Å². The fourth-order valence-electron chi connectivity index (χ4n) is 1.21. The van der Waals surface area contributed by atoms with Gasteiger partial charge in [-0.25, -0.2) is 4.98 Å². The van der Waals surface area contributed by atoms with E-state index < -0.39 is 0 Å². The Morgan fingerprint density at radius 3 is 2.85 bits per heavy atom. The summed E-state index contributed by atoms with van der Waals surface area (Å²) in [5.74, 6) is 0.882. The molecule has 2 rings (SSSR count). The van der Waals surface area contributed by atoms with Crippen LogP contribution in [0.15, 0.2) is 36.5 Å². The highest BCUT2D eigenvalue weighted by molar-refractivity contribution is 5.56. The molecule has 0 bridgehead atoms. The molecular weight excluding hydrogens is 162 g/mol. The highest BCUT2D eigenvalue weighted by atomic mass is 15.0. The summed E-state index contributed by atoms with van der Waals surface area (Å²) in [6.07, 6.45) is 1.89. The lowest BCUT2D eigenvalue weighted by Gasteiger charge is -2.01. The predicted octanol–water partition coefficient (Wildman–Crippen LogP) is 2.12. The number of H-pyrrole nitrogens is 1. The Hall–Kier alpha value is -1.77. The van der Waals surface area contributed by atoms with E-state index >= 15 is 0 Å². The van der Waals surface area contributed by atoms with Crippen molar-refractivity contribution in [2.24, 2.45) is 0 Å². The number of aromatic nitrogens is 2. The van der Waals surface area contributed by atoms with Gasteiger partial charge in [0.1, 0.15) is 5.82 Å². The number of hydrogen-bond donors (Lipinski definition) is 2. The van der Waals surface area contributed by atoms with Crippen LogP contribution in [0, 0.1) is 0 Å². The number of pyridine rings is 1. The van der Waals surface area contributed by atoms with Crippen LogP contribution >= 0.6 is 0 Å². The Labute approximate surface area is 76.8 Å². The summed E-state index contributed by atoms with van der Waals surface area (Å²) in [6, 6.07) is 9.86. The van der Waals surface area contributed by atoms with Crippen molar-refractivity contribution in [1.29, 1.82) is 0 Å². The standard InChI is InChI=1S/C10H11N3/c1-11-10-6-2-4-9(13-10)8-5-3-7-12-8/h2-7,12H,1H3,(H,11,13). The molecule has 0 aliphatic rings. The zero-order chi connectivity index (χ0) is 9.10. The highest BCUT2D eigenvalue weighted by Crippen LogP contribution is 2.15. The Morgan fingerprint density at radius 2 is 2.15 bits per heavy atom. The first-order valence-electron chi connectivity index (χ1n) is 4.19. The monoisotopic (exact) mass is 173 g/mol. The van der Waals surface area contributed by atoms with E-state index in [1.54, 1.807) is 0 Å². The van der Waals surface area contributed by atoms with Gasteiger partial charge in [-0.2, -0.15) is 0 Å². The second-order valence-corrected chi connectivity index (χ2v) is 2.74. The average molecular weight is 173 g/mol. The minimum Gasteiger partial charge on any atom is -0.373 e. The van der Waals surface area contributed by atoms with Gasteiger partial charge in [-0.1, -0.05) is 6.07 Å². The number of aromatic amines is 1. The molecule has 0 unspecified atom stereocenters. The zero-order valence-electron chi connectivity index (χ0n) is 7.41. The van der Waals surface area contributed by atoms with Crippen molar-refractivity contribution >= 4 is 5.82 Å². The van der Waals surface area contributed by atoms with Crippen LogP contribution in [0.3, 0.4) is 0 Å². The molecule has 13 heavy (non-hydrogen) atoms. The lowest BCUT2D eigenvalue weighted by atomic mass is 10.3. The zero-order valence-corrected chi connectivity index (χ0v) is 7.41. The lowest BCUT2D eigenvalue weighted by Crippen LogP contribution is -1.92. The summed E-state index contributed by atoms with van der Waals surface area (Å²) in [5, 5.41) is 3.00. The van der Waals surface area contributed by atoms with E-state index in [-0.39, 0.29) is 0 Å². The average Bonchev–Trinajstić information content (AvgIpc) is 2.71. The summed E-state index contributed by atoms with van der Waals surface area (Å²) >= 11 is 0. The molecule has 0 amide bonds. The molecular formula is C10H11N3. The summed E-state index contributed by atoms with van der Waals surface area (Å²) in [4.78, 5) is 7.51. The van der Waals surface area contributed by atoms with Crippen molar-refractivity contribution in [3.8, 4) is 11.4 Å². The molecule has 0 aliphatic carbocycles. The maximum atomic E-state index is 4.39. The molecule has 0 aliphatic heterocycles. The smallest absolute Gasteiger partial charge is 0.126 e. The Kier molecular flexibility index (Phi) is 2.00. The lowest BCUT2D eigenvalue weighted by molar-refractivity contribution is 1.26. The molecule has 0 atom stereocenters. The first-order valence-corrected chi connectivity index (χ1v) is 4.19. The topological polar surface area (TPSA) is 40.7 Å². The van der Waals surface area contributed by atoms with Gasteiger partial charge in [0.25, 0.3) is 0 Å². The number of nitrogens with one attached hydrogen (secondary N) is 2. The van der Waals surface area contributed by atoms with E-state index in [1.807, 2.05) is 43.6 Å². The van der Waals surface area contributed by atoms with Gasteiger partial charge >= 0.3 is 0 Å². The minimum absolute atomic E-state index is 0.882. The third-order valence-electron chi connectivity index (χ3n) is 1.88. The third-order valence-corrected chi connectivity index (χ3v) is 1.88. The van der Waals surface area contributed by atoms with Gasteiger partial charge in [0.2, 0.25) is 0 Å². The van der Waals surface area contributed by atoms with Crippen molar-refractivity contribution < 1.29 is 0 Å². The van der Waals surface area contributed by atoms with E-state index in [1.165, 1.54) is 0 Å². The fraction of sp³-hybridized carbons (Fsp3) is 0.100. The molecule has 66 valence electrons. The number of hydrogen-bond acceptors (Lipinski definition) is 2. The van der Waals surface area contributed by atoms with Crippen molar-refractivity contribution in [3.05, 3.63) is 36.5 Å². The van der Waals surface area contributed by atoms with Crippen LogP contribution < -0.4 is 5.32 Å². The molecule has 0 radical (unpaired) electrons. The van der Waals surface area contributed by atoms with Gasteiger partial charge in [-0.15, -0.1) is 0 Å². The maximum absolute atomic E-state index is 4.39. The van der Waals surface area contributed by atoms with Gasteiger partial charge < -0.3 is 10.3 Å². The second-order valence-electron chi connectivity index (χ2n) is 2.74. The van der Waals surface area contributed by atoms with Crippen molar-refractivity contribution in [2.45, 2.75) is 0 Å². The summed E-state index contributed by atoms with van der Waals surface area (Å²) in [6.45, 7) is 0. The first kappa shape index (κ1) is 7.86. The largest absolute Gasteiger partial charge is 0.373 e. The third kappa shape index (κ3) is 1.54. The van der Waals surface area contributed by atoms with E-state index in [0.717, 1.165) is 17.2 Å². The number of rotatable bonds is 2. The molecule has 3 heteroatoms. The van der Waals surface area contributed by atoms with Crippen molar-refractivity contribution in [1.82, 2.24) is 9.97 Å². The van der Waals surface area contributed by atoms with Crippen LogP contribution in [0.2, 0.25) is 0 Å². The van der Waals surface area contributed by atoms with E-state index in [9.17, 15) is 0 Å². The maximum Gasteiger partial charge on any atom is 0.126 e. The summed E-state index contributed by atoms with van der Waals surface area (Å²) < 4.78 is 0. The van der Waals surface area contributed by atoms with Crippen molar-refractivity contribution in [3.63, 3.8) is 0 Å². The first-order chi connectivity index (χ1) is 6.40. The highest BCUT2D eigenvalue weighted by Gasteiger charge is 1.98. The van der Waals surface area contributed by atoms with Gasteiger partial charge in [-0.05, 0) is 24.3 Å². The molecule has 3 nitrogen and oxygen atoms in total. The number of anilines is 1. The molecule has 0 saturated carbocycles. The van der Waals surface area contributed by atoms with Crippen LogP contribution in [0.1, 0.15) is 0 Å². The van der Waals surface area contributed by atoms with Gasteiger partial charge in [0.05, 0.1) is 11.4 Å². The Morgan fingerprint density at radius 1 is 1.23 bits per heavy atom. The predicted molar refractivity (Wildman–Crippen MR) is 53.6 cm³/mol. The minimum atomic E-state index is 0.882. The Balaban J connectivity index is 2.41. The summed E-state index contributed by atoms with van der Waals surface area (Å²) in [5.41, 5.74) is 1.99. The SMILES string of the molecule is CNc1cccc(-c2ccc[nH]2)n1. The van der Waals surface area contributed by atoms with Crippen LogP contribution in [0.5, 0.6) is 0 Å². The van der Waals surface area contributed by atoms with Gasteiger partial charge in [-0.3, -0.25) is 0 Å². The Bertz CT molecular complexity index is 379. The van der Waals surface area contributed by atoms with Gasteiger partial charge in [0.15, 0.2) is 0 Å². The van der Waals surface area contributed by atoms with Crippen LogP contribution in [-0.2, 0) is 0 Å². The quantitative estimate of drug-likeness (QED) is 0.730. The molecule has 0 aromatic carbocycles. The second kappa shape index (κ2) is 3.31. The van der Waals surface area contributed by atoms with E-state index in [2.05, 4.69) is 15.3 Å². The molecule has 2 N–H and O–H groups in total. The number of nitrogens with zero attached hydrogens (tertiary/aromatic N) is 1. The molecule has 0 fully saturated rings. The van der Waals surface area contributed by atoms with E-state index in [4.69, 9.17) is 0 Å². The molecule has 2 heterocycles. The van der Waals surface area contributed by atoms with Crippen LogP contribution in [0.25, 0.3) is 11.4 Å². The van der Waals surface area contributed by atoms with Crippen LogP contribution in [0.4, 0.5) is 5.82 Å². The molecule has 0 saturated heterocycles. The summed E-state index contributed by atoms with van der Waals surface area (Å²) in [7, 11) is 1.86. The van der Waals surface area contributed by atoms with Gasteiger partial charge in [0, 0.05) is 13.2 Å². The molecule has 2 aromatic heterocycles. The normalized spacial score (nSPS) is 9.92. The molecule has 2 aromatic rings. The van der Waals surface area contributed by atoms with E-state index in [0.29, 0.717) is 0 Å². The fourth-order valence-corrected chi connectivity index (χ4v) is 1.21. The molecule has 0 spiro atoms. The van der Waals surface area contributed by atoms with Crippen molar-refractivity contribution in [2.75, 3.05) is 12.4 Å².